The molecule has 1 aliphatic heterocycles. The van der Waals surface area contributed by atoms with E-state index in [2.05, 4.69) is 22.4 Å². The molecule has 4 heteroatoms. The Hall–Kier alpha value is -0.870. The van der Waals surface area contributed by atoms with Crippen LogP contribution in [-0.4, -0.2) is 29.1 Å². The van der Waals surface area contributed by atoms with Gasteiger partial charge in [0.05, 0.1) is 5.41 Å². The second kappa shape index (κ2) is 5.25. The summed E-state index contributed by atoms with van der Waals surface area (Å²) in [7, 11) is 0. The summed E-state index contributed by atoms with van der Waals surface area (Å²) in [5.41, 5.74) is -0.476. The summed E-state index contributed by atoms with van der Waals surface area (Å²) in [5.74, 6) is 0.105. The Morgan fingerprint density at radius 2 is 2.37 bits per heavy atom. The van der Waals surface area contributed by atoms with Gasteiger partial charge in [-0.25, -0.2) is 0 Å². The van der Waals surface area contributed by atoms with Crippen LogP contribution in [0.3, 0.4) is 0 Å². The van der Waals surface area contributed by atoms with Crippen molar-refractivity contribution in [3.63, 3.8) is 0 Å². The fourth-order valence-electron chi connectivity index (χ4n) is 3.29. The third-order valence-electron chi connectivity index (χ3n) is 4.45. The summed E-state index contributed by atoms with van der Waals surface area (Å²) < 4.78 is 0. The standard InChI is InChI=1S/C15H21NO2S/c17-14(18)15(9-12-4-5-12)6-2-7-16(11-15)10-13-3-1-8-19-13/h1,3,8,12H,2,4-7,9-11H2,(H,17,18)/t15-/m0/s1. The van der Waals surface area contributed by atoms with Crippen LogP contribution in [0.15, 0.2) is 17.5 Å². The molecule has 19 heavy (non-hydrogen) atoms. The SMILES string of the molecule is O=C(O)[C@]1(CC2CC2)CCCN(Cc2cccs2)C1. The van der Waals surface area contributed by atoms with Gasteiger partial charge < -0.3 is 5.11 Å². The number of piperidine rings is 1. The number of carbonyl (C=O) groups is 1. The Bertz CT molecular complexity index is 441. The number of hydrogen-bond acceptors (Lipinski definition) is 3. The van der Waals surface area contributed by atoms with Gasteiger partial charge in [0.15, 0.2) is 0 Å². The summed E-state index contributed by atoms with van der Waals surface area (Å²) in [6, 6.07) is 4.21. The smallest absolute Gasteiger partial charge is 0.310 e. The summed E-state index contributed by atoms with van der Waals surface area (Å²) >= 11 is 1.76. The average molecular weight is 279 g/mol. The third kappa shape index (κ3) is 3.00. The normalized spacial score (nSPS) is 28.4. The van der Waals surface area contributed by atoms with Gasteiger partial charge in [0.25, 0.3) is 0 Å². The largest absolute Gasteiger partial charge is 0.481 e. The third-order valence-corrected chi connectivity index (χ3v) is 5.31. The number of hydrogen-bond donors (Lipinski definition) is 1. The molecule has 104 valence electrons. The van der Waals surface area contributed by atoms with Crippen molar-refractivity contribution in [2.75, 3.05) is 13.1 Å². The lowest BCUT2D eigenvalue weighted by Crippen LogP contribution is -2.47. The number of carboxylic acids is 1. The van der Waals surface area contributed by atoms with Gasteiger partial charge in [-0.2, -0.15) is 0 Å². The number of carboxylic acid groups (broad SMARTS) is 1. The monoisotopic (exact) mass is 279 g/mol. The molecule has 3 rings (SSSR count). The molecule has 2 heterocycles. The molecule has 1 aromatic heterocycles. The zero-order valence-corrected chi connectivity index (χ0v) is 12.0. The zero-order valence-electron chi connectivity index (χ0n) is 11.2. The number of thiophene rings is 1. The molecule has 1 saturated heterocycles. The lowest BCUT2D eigenvalue weighted by molar-refractivity contribution is -0.153. The molecular formula is C15H21NO2S. The molecule has 0 bridgehead atoms. The van der Waals surface area contributed by atoms with Crippen LogP contribution in [0.5, 0.6) is 0 Å². The molecule has 1 atom stereocenters. The molecule has 1 N–H and O–H groups in total. The van der Waals surface area contributed by atoms with E-state index >= 15 is 0 Å². The molecule has 1 saturated carbocycles. The molecule has 0 aromatic carbocycles. The number of aliphatic carboxylic acids is 1. The minimum Gasteiger partial charge on any atom is -0.481 e. The van der Waals surface area contributed by atoms with Crippen molar-refractivity contribution < 1.29 is 9.90 Å². The van der Waals surface area contributed by atoms with Gasteiger partial charge in [0.1, 0.15) is 0 Å². The first-order valence-electron chi connectivity index (χ1n) is 7.16. The molecule has 3 nitrogen and oxygen atoms in total. The minimum atomic E-state index is -0.574. The van der Waals surface area contributed by atoms with Crippen LogP contribution in [0.25, 0.3) is 0 Å². The molecular weight excluding hydrogens is 258 g/mol. The fourth-order valence-corrected chi connectivity index (χ4v) is 4.03. The van der Waals surface area contributed by atoms with Crippen molar-refractivity contribution in [1.29, 1.82) is 0 Å². The first kappa shape index (κ1) is 13.1. The highest BCUT2D eigenvalue weighted by Gasteiger charge is 2.45. The highest BCUT2D eigenvalue weighted by Crippen LogP contribution is 2.45. The summed E-state index contributed by atoms with van der Waals surface area (Å²) in [6.07, 6.45) is 5.24. The Labute approximate surface area is 118 Å². The van der Waals surface area contributed by atoms with E-state index in [4.69, 9.17) is 0 Å². The van der Waals surface area contributed by atoms with Crippen molar-refractivity contribution in [3.05, 3.63) is 22.4 Å². The van der Waals surface area contributed by atoms with Crippen LogP contribution < -0.4 is 0 Å². The Morgan fingerprint density at radius 3 is 3.00 bits per heavy atom. The van der Waals surface area contributed by atoms with Crippen molar-refractivity contribution in [1.82, 2.24) is 4.90 Å². The molecule has 0 radical (unpaired) electrons. The maximum Gasteiger partial charge on any atom is 0.310 e. The summed E-state index contributed by atoms with van der Waals surface area (Å²) in [6.45, 7) is 2.69. The van der Waals surface area contributed by atoms with Crippen LogP contribution in [0, 0.1) is 11.3 Å². The fraction of sp³-hybridized carbons (Fsp3) is 0.667. The average Bonchev–Trinajstić information content (AvgIpc) is 3.03. The van der Waals surface area contributed by atoms with Gasteiger partial charge in [0.2, 0.25) is 0 Å². The quantitative estimate of drug-likeness (QED) is 0.899. The van der Waals surface area contributed by atoms with E-state index in [1.165, 1.54) is 17.7 Å². The first-order chi connectivity index (χ1) is 9.18. The number of rotatable bonds is 5. The van der Waals surface area contributed by atoms with Crippen LogP contribution in [0.4, 0.5) is 0 Å². The van der Waals surface area contributed by atoms with E-state index in [-0.39, 0.29) is 0 Å². The lowest BCUT2D eigenvalue weighted by Gasteiger charge is -2.40. The molecule has 1 aromatic rings. The Balaban J connectivity index is 1.68. The second-order valence-corrected chi connectivity index (χ2v) is 7.16. The first-order valence-corrected chi connectivity index (χ1v) is 8.04. The Morgan fingerprint density at radius 1 is 1.53 bits per heavy atom. The van der Waals surface area contributed by atoms with Crippen LogP contribution in [-0.2, 0) is 11.3 Å². The van der Waals surface area contributed by atoms with Crippen LogP contribution in [0.2, 0.25) is 0 Å². The molecule has 0 spiro atoms. The topological polar surface area (TPSA) is 40.5 Å². The van der Waals surface area contributed by atoms with Crippen molar-refractivity contribution in [3.8, 4) is 0 Å². The van der Waals surface area contributed by atoms with E-state index in [1.807, 2.05) is 0 Å². The summed E-state index contributed by atoms with van der Waals surface area (Å²) in [4.78, 5) is 15.4. The van der Waals surface area contributed by atoms with E-state index in [0.717, 1.165) is 38.9 Å². The lowest BCUT2D eigenvalue weighted by atomic mass is 9.75. The molecule has 2 fully saturated rings. The van der Waals surface area contributed by atoms with E-state index < -0.39 is 11.4 Å². The molecule has 0 amide bonds. The van der Waals surface area contributed by atoms with Gasteiger partial charge in [-0.15, -0.1) is 11.3 Å². The number of likely N-dealkylation sites (tertiary alicyclic amines) is 1. The van der Waals surface area contributed by atoms with Gasteiger partial charge in [0, 0.05) is 18.0 Å². The Kier molecular flexibility index (Phi) is 3.63. The van der Waals surface area contributed by atoms with E-state index in [0.29, 0.717) is 5.92 Å². The highest BCUT2D eigenvalue weighted by molar-refractivity contribution is 7.09. The molecule has 1 aliphatic carbocycles. The maximum atomic E-state index is 11.8. The van der Waals surface area contributed by atoms with Crippen LogP contribution >= 0.6 is 11.3 Å². The molecule has 2 aliphatic rings. The van der Waals surface area contributed by atoms with Crippen molar-refractivity contribution in [2.24, 2.45) is 11.3 Å². The van der Waals surface area contributed by atoms with Crippen LogP contribution in [0.1, 0.15) is 37.0 Å². The molecule has 0 unspecified atom stereocenters. The van der Waals surface area contributed by atoms with Crippen molar-refractivity contribution in [2.45, 2.75) is 38.6 Å². The predicted octanol–water partition coefficient (Wildman–Crippen LogP) is 3.22. The van der Waals surface area contributed by atoms with Gasteiger partial charge in [-0.3, -0.25) is 9.69 Å². The van der Waals surface area contributed by atoms with E-state index in [9.17, 15) is 9.90 Å². The van der Waals surface area contributed by atoms with Gasteiger partial charge >= 0.3 is 5.97 Å². The minimum absolute atomic E-state index is 0.476. The predicted molar refractivity (Wildman–Crippen MR) is 76.2 cm³/mol. The maximum absolute atomic E-state index is 11.8. The van der Waals surface area contributed by atoms with Gasteiger partial charge in [-0.05, 0) is 43.2 Å². The van der Waals surface area contributed by atoms with E-state index in [1.54, 1.807) is 11.3 Å². The summed E-state index contributed by atoms with van der Waals surface area (Å²) in [5, 5.41) is 11.8. The zero-order chi connectivity index (χ0) is 13.3. The second-order valence-electron chi connectivity index (χ2n) is 6.13. The highest BCUT2D eigenvalue weighted by atomic mass is 32.1. The van der Waals surface area contributed by atoms with Gasteiger partial charge in [-0.1, -0.05) is 18.9 Å². The number of nitrogens with zero attached hydrogens (tertiary/aromatic N) is 1. The van der Waals surface area contributed by atoms with Crippen molar-refractivity contribution >= 4 is 17.3 Å².